The largest absolute Gasteiger partial charge is 0.490 e. The van der Waals surface area contributed by atoms with Gasteiger partial charge in [0.15, 0.2) is 17.6 Å². The number of aliphatic hydroxyl groups excluding tert-OH is 1. The topological polar surface area (TPSA) is 50.7 Å². The van der Waals surface area contributed by atoms with E-state index in [1.807, 2.05) is 43.3 Å². The van der Waals surface area contributed by atoms with Crippen LogP contribution in [0.1, 0.15) is 18.6 Å². The predicted octanol–water partition coefficient (Wildman–Crippen LogP) is 3.44. The van der Waals surface area contributed by atoms with Crippen LogP contribution in [-0.2, 0) is 0 Å². The van der Waals surface area contributed by atoms with E-state index in [-0.39, 0.29) is 0 Å². The van der Waals surface area contributed by atoms with E-state index < -0.39 is 12.2 Å². The van der Waals surface area contributed by atoms with Crippen LogP contribution < -0.4 is 14.8 Å². The molecule has 0 aliphatic carbocycles. The number of para-hydroxylation sites is 2. The van der Waals surface area contributed by atoms with Crippen molar-refractivity contribution in [2.75, 3.05) is 20.2 Å². The summed E-state index contributed by atoms with van der Waals surface area (Å²) in [5, 5.41) is 14.1. The molecule has 0 fully saturated rings. The van der Waals surface area contributed by atoms with Gasteiger partial charge >= 0.3 is 0 Å². The molecule has 23 heavy (non-hydrogen) atoms. The molecule has 0 aromatic heterocycles. The van der Waals surface area contributed by atoms with Crippen molar-refractivity contribution in [3.8, 4) is 11.5 Å². The molecule has 0 amide bonds. The van der Waals surface area contributed by atoms with E-state index in [0.29, 0.717) is 29.7 Å². The molecule has 2 atom stereocenters. The highest BCUT2D eigenvalue weighted by Crippen LogP contribution is 2.32. The molecule has 0 radical (unpaired) electrons. The van der Waals surface area contributed by atoms with E-state index in [4.69, 9.17) is 21.1 Å². The fourth-order valence-corrected chi connectivity index (χ4v) is 2.42. The number of halogens is 1. The highest BCUT2D eigenvalue weighted by molar-refractivity contribution is 6.30. The SMILES string of the molecule is CCOc1ccccc1OC(c1ccc(Cl)cc1)C(O)CNC. The first-order chi connectivity index (χ1) is 11.2. The van der Waals surface area contributed by atoms with Crippen LogP contribution in [0.4, 0.5) is 0 Å². The van der Waals surface area contributed by atoms with Gasteiger partial charge in [0.05, 0.1) is 6.61 Å². The second kappa shape index (κ2) is 8.77. The Balaban J connectivity index is 2.29. The molecule has 124 valence electrons. The zero-order valence-corrected chi connectivity index (χ0v) is 14.1. The van der Waals surface area contributed by atoms with Gasteiger partial charge in [-0.15, -0.1) is 0 Å². The number of benzene rings is 2. The number of nitrogens with one attached hydrogen (secondary N) is 1. The number of likely N-dealkylation sites (N-methyl/N-ethyl adjacent to an activating group) is 1. The molecule has 2 N–H and O–H groups in total. The minimum absolute atomic E-state index is 0.407. The van der Waals surface area contributed by atoms with Crippen LogP contribution in [0.3, 0.4) is 0 Å². The maximum atomic E-state index is 10.5. The van der Waals surface area contributed by atoms with E-state index in [2.05, 4.69) is 5.32 Å². The Morgan fingerprint density at radius 1 is 1.09 bits per heavy atom. The van der Waals surface area contributed by atoms with Crippen LogP contribution in [0, 0.1) is 0 Å². The van der Waals surface area contributed by atoms with Crippen LogP contribution in [0.15, 0.2) is 48.5 Å². The van der Waals surface area contributed by atoms with Crippen LogP contribution in [-0.4, -0.2) is 31.4 Å². The number of aliphatic hydroxyl groups is 1. The van der Waals surface area contributed by atoms with E-state index in [0.717, 1.165) is 5.56 Å². The van der Waals surface area contributed by atoms with Crippen molar-refractivity contribution in [3.05, 3.63) is 59.1 Å². The van der Waals surface area contributed by atoms with E-state index in [1.165, 1.54) is 0 Å². The van der Waals surface area contributed by atoms with Crippen LogP contribution in [0.5, 0.6) is 11.5 Å². The van der Waals surface area contributed by atoms with Gasteiger partial charge in [-0.2, -0.15) is 0 Å². The Labute approximate surface area is 142 Å². The first-order valence-electron chi connectivity index (χ1n) is 7.62. The molecule has 2 aromatic carbocycles. The van der Waals surface area contributed by atoms with Crippen molar-refractivity contribution in [2.24, 2.45) is 0 Å². The lowest BCUT2D eigenvalue weighted by atomic mass is 10.0. The summed E-state index contributed by atoms with van der Waals surface area (Å²) in [7, 11) is 1.79. The van der Waals surface area contributed by atoms with E-state index in [9.17, 15) is 5.11 Å². The summed E-state index contributed by atoms with van der Waals surface area (Å²) in [5.41, 5.74) is 0.850. The quantitative estimate of drug-likeness (QED) is 0.776. The Morgan fingerprint density at radius 3 is 2.35 bits per heavy atom. The summed E-state index contributed by atoms with van der Waals surface area (Å²) in [6.45, 7) is 2.87. The lowest BCUT2D eigenvalue weighted by Gasteiger charge is -2.25. The zero-order chi connectivity index (χ0) is 16.7. The molecule has 0 bridgehead atoms. The summed E-state index contributed by atoms with van der Waals surface area (Å²) in [6.07, 6.45) is -1.24. The molecule has 0 aliphatic rings. The first-order valence-corrected chi connectivity index (χ1v) is 8.00. The molecule has 2 aromatic rings. The highest BCUT2D eigenvalue weighted by Gasteiger charge is 2.24. The van der Waals surface area contributed by atoms with Crippen LogP contribution >= 0.6 is 11.6 Å². The lowest BCUT2D eigenvalue weighted by Crippen LogP contribution is -2.32. The van der Waals surface area contributed by atoms with Gasteiger partial charge in [0.1, 0.15) is 6.10 Å². The molecule has 2 unspecified atom stereocenters. The Kier molecular flexibility index (Phi) is 6.71. The van der Waals surface area contributed by atoms with Gasteiger partial charge < -0.3 is 19.9 Å². The van der Waals surface area contributed by atoms with Crippen molar-refractivity contribution < 1.29 is 14.6 Å². The first kappa shape index (κ1) is 17.6. The minimum Gasteiger partial charge on any atom is -0.490 e. The molecule has 0 aliphatic heterocycles. The lowest BCUT2D eigenvalue weighted by molar-refractivity contribution is 0.0351. The summed E-state index contributed by atoms with van der Waals surface area (Å²) in [6, 6.07) is 14.7. The van der Waals surface area contributed by atoms with Crippen molar-refractivity contribution in [1.29, 1.82) is 0 Å². The smallest absolute Gasteiger partial charge is 0.162 e. The van der Waals surface area contributed by atoms with Gasteiger partial charge in [-0.05, 0) is 43.8 Å². The second-order valence-electron chi connectivity index (χ2n) is 5.09. The fourth-order valence-electron chi connectivity index (χ4n) is 2.30. The third kappa shape index (κ3) is 4.86. The molecule has 5 heteroatoms. The molecule has 0 saturated carbocycles. The highest BCUT2D eigenvalue weighted by atomic mass is 35.5. The maximum Gasteiger partial charge on any atom is 0.162 e. The number of ether oxygens (including phenoxy) is 2. The summed E-state index contributed by atoms with van der Waals surface area (Å²) in [5.74, 6) is 1.26. The molecular weight excluding hydrogens is 314 g/mol. The monoisotopic (exact) mass is 335 g/mol. The fraction of sp³-hybridized carbons (Fsp3) is 0.333. The molecule has 0 spiro atoms. The average Bonchev–Trinajstić information content (AvgIpc) is 2.55. The van der Waals surface area contributed by atoms with Crippen LogP contribution in [0.2, 0.25) is 5.02 Å². The van der Waals surface area contributed by atoms with E-state index in [1.54, 1.807) is 19.2 Å². The second-order valence-corrected chi connectivity index (χ2v) is 5.53. The molecule has 4 nitrogen and oxygen atoms in total. The molecule has 0 heterocycles. The minimum atomic E-state index is -0.712. The van der Waals surface area contributed by atoms with Crippen molar-refractivity contribution in [2.45, 2.75) is 19.1 Å². The Bertz CT molecular complexity index is 603. The number of hydrogen-bond acceptors (Lipinski definition) is 4. The van der Waals surface area contributed by atoms with Gasteiger partial charge in [-0.3, -0.25) is 0 Å². The van der Waals surface area contributed by atoms with Gasteiger partial charge in [0, 0.05) is 11.6 Å². The summed E-state index contributed by atoms with van der Waals surface area (Å²) < 4.78 is 11.7. The van der Waals surface area contributed by atoms with Crippen molar-refractivity contribution in [3.63, 3.8) is 0 Å². The summed E-state index contributed by atoms with van der Waals surface area (Å²) >= 11 is 5.95. The van der Waals surface area contributed by atoms with Crippen molar-refractivity contribution in [1.82, 2.24) is 5.32 Å². The third-order valence-corrected chi connectivity index (χ3v) is 3.62. The Hall–Kier alpha value is -1.75. The predicted molar refractivity (Wildman–Crippen MR) is 92.4 cm³/mol. The van der Waals surface area contributed by atoms with Crippen molar-refractivity contribution >= 4 is 11.6 Å². The average molecular weight is 336 g/mol. The van der Waals surface area contributed by atoms with Gasteiger partial charge in [0.25, 0.3) is 0 Å². The standard InChI is InChI=1S/C18H22ClNO3/c1-3-22-16-6-4-5-7-17(16)23-18(15(21)12-20-2)13-8-10-14(19)11-9-13/h4-11,15,18,20-21H,3,12H2,1-2H3. The molecule has 0 saturated heterocycles. The van der Waals surface area contributed by atoms with Crippen LogP contribution in [0.25, 0.3) is 0 Å². The molecule has 2 rings (SSSR count). The van der Waals surface area contributed by atoms with Gasteiger partial charge in [0.2, 0.25) is 0 Å². The maximum absolute atomic E-state index is 10.5. The number of hydrogen-bond donors (Lipinski definition) is 2. The Morgan fingerprint density at radius 2 is 1.74 bits per heavy atom. The molecular formula is C18H22ClNO3. The zero-order valence-electron chi connectivity index (χ0n) is 13.3. The normalized spacial score (nSPS) is 13.4. The van der Waals surface area contributed by atoms with Gasteiger partial charge in [-0.25, -0.2) is 0 Å². The third-order valence-electron chi connectivity index (χ3n) is 3.36. The number of rotatable bonds is 8. The van der Waals surface area contributed by atoms with Gasteiger partial charge in [-0.1, -0.05) is 35.9 Å². The van der Waals surface area contributed by atoms with E-state index >= 15 is 0 Å². The summed E-state index contributed by atoms with van der Waals surface area (Å²) in [4.78, 5) is 0.